The summed E-state index contributed by atoms with van der Waals surface area (Å²) in [6, 6.07) is 9.38. The van der Waals surface area contributed by atoms with Crippen molar-refractivity contribution in [1.29, 1.82) is 0 Å². The Labute approximate surface area is 224 Å². The van der Waals surface area contributed by atoms with Crippen LogP contribution in [0.1, 0.15) is 29.5 Å². The lowest BCUT2D eigenvalue weighted by molar-refractivity contribution is -0.110. The van der Waals surface area contributed by atoms with Crippen molar-refractivity contribution in [3.63, 3.8) is 0 Å². The van der Waals surface area contributed by atoms with E-state index in [4.69, 9.17) is 4.74 Å². The van der Waals surface area contributed by atoms with Crippen LogP contribution in [-0.2, 0) is 4.79 Å². The molecule has 0 unspecified atom stereocenters. The van der Waals surface area contributed by atoms with Crippen molar-refractivity contribution in [3.05, 3.63) is 60.8 Å². The molecular weight excluding hydrogens is 598 g/mol. The Bertz CT molecular complexity index is 1290. The van der Waals surface area contributed by atoms with Crippen molar-refractivity contribution in [1.82, 2.24) is 9.88 Å². The molecule has 0 saturated carbocycles. The number of fused-ring (bicyclic) bond motifs is 1. The van der Waals surface area contributed by atoms with Crippen molar-refractivity contribution in [2.24, 2.45) is 0 Å². The number of carbonyl (C=O) groups is 2. The largest absolute Gasteiger partial charge is 0.415 e. The first-order valence-corrected chi connectivity index (χ1v) is 13.4. The summed E-state index contributed by atoms with van der Waals surface area (Å²) in [5, 5.41) is 15.1. The van der Waals surface area contributed by atoms with E-state index in [0.717, 1.165) is 39.5 Å². The third-order valence-electron chi connectivity index (χ3n) is 5.36. The number of nitrogens with zero attached hydrogens (tertiary/aromatic N) is 2. The summed E-state index contributed by atoms with van der Waals surface area (Å²) < 4.78 is 6.70. The molecular formula is C25H23Br2N3O4S. The summed E-state index contributed by atoms with van der Waals surface area (Å²) >= 11 is 8.55. The molecule has 182 valence electrons. The highest BCUT2D eigenvalue weighted by molar-refractivity contribution is 9.11. The molecule has 4 rings (SSSR count). The topological polar surface area (TPSA) is 91.8 Å². The van der Waals surface area contributed by atoms with Crippen LogP contribution in [0.5, 0.6) is 5.75 Å². The highest BCUT2D eigenvalue weighted by atomic mass is 79.9. The summed E-state index contributed by atoms with van der Waals surface area (Å²) in [4.78, 5) is 31.3. The van der Waals surface area contributed by atoms with E-state index in [2.05, 4.69) is 42.2 Å². The molecule has 2 N–H and O–H groups in total. The minimum atomic E-state index is -0.540. The lowest BCUT2D eigenvalue weighted by Crippen LogP contribution is -2.36. The number of benzene rings is 2. The summed E-state index contributed by atoms with van der Waals surface area (Å²) in [5.74, 6) is 0.141. The predicted molar refractivity (Wildman–Crippen MR) is 146 cm³/mol. The first-order valence-electron chi connectivity index (χ1n) is 11.0. The molecule has 1 aliphatic heterocycles. The van der Waals surface area contributed by atoms with Gasteiger partial charge in [-0.25, -0.2) is 9.78 Å². The quantitative estimate of drug-likeness (QED) is 0.301. The summed E-state index contributed by atoms with van der Waals surface area (Å²) in [6.07, 6.45) is 2.01. The lowest BCUT2D eigenvalue weighted by atomic mass is 10.0. The zero-order valence-electron chi connectivity index (χ0n) is 19.1. The van der Waals surface area contributed by atoms with E-state index in [9.17, 15) is 14.7 Å². The standard InChI is InChI=1S/C25H23Br2N3O4S/c1-3-6-30(7-8-31)25(33)34-23-19(26)10-15(11-20(23)27)9-18-17-12-16(22-13-35-14(2)28-22)4-5-21(17)29-24(18)32/h4-5,9-13,31H,3,6-8H2,1-2H3,(H,29,32)/b18-9-. The van der Waals surface area contributed by atoms with E-state index in [1.807, 2.05) is 37.4 Å². The van der Waals surface area contributed by atoms with Crippen LogP contribution in [-0.4, -0.2) is 46.7 Å². The molecule has 0 bridgehead atoms. The maximum atomic E-state index is 12.8. The van der Waals surface area contributed by atoms with Crippen LogP contribution in [0.15, 0.2) is 44.7 Å². The fraction of sp³-hybridized carbons (Fsp3) is 0.240. The molecule has 3 aromatic rings. The summed E-state index contributed by atoms with van der Waals surface area (Å²) in [6.45, 7) is 4.45. The zero-order chi connectivity index (χ0) is 25.1. The molecule has 1 aromatic heterocycles. The maximum Gasteiger partial charge on any atom is 0.415 e. The molecule has 0 atom stereocenters. The van der Waals surface area contributed by atoms with Crippen LogP contribution in [0, 0.1) is 6.92 Å². The number of rotatable bonds is 7. The first kappa shape index (κ1) is 25.6. The molecule has 10 heteroatoms. The molecule has 1 aliphatic rings. The van der Waals surface area contributed by atoms with Gasteiger partial charge < -0.3 is 20.1 Å². The SMILES string of the molecule is CCCN(CCO)C(=O)Oc1c(Br)cc(/C=C2\C(=O)Nc3ccc(-c4csc(C)n4)cc32)cc1Br. The number of halogens is 2. The number of thiazole rings is 1. The monoisotopic (exact) mass is 619 g/mol. The highest BCUT2D eigenvalue weighted by Crippen LogP contribution is 2.39. The van der Waals surface area contributed by atoms with Crippen molar-refractivity contribution in [2.45, 2.75) is 20.3 Å². The minimum absolute atomic E-state index is 0.142. The van der Waals surface area contributed by atoms with Gasteiger partial charge in [0.25, 0.3) is 5.91 Å². The van der Waals surface area contributed by atoms with Crippen molar-refractivity contribution < 1.29 is 19.4 Å². The Morgan fingerprint density at radius 1 is 1.23 bits per heavy atom. The molecule has 35 heavy (non-hydrogen) atoms. The summed E-state index contributed by atoms with van der Waals surface area (Å²) in [5.41, 5.74) is 4.66. The molecule has 0 fully saturated rings. The van der Waals surface area contributed by atoms with E-state index in [1.165, 1.54) is 4.90 Å². The number of aromatic nitrogens is 1. The predicted octanol–water partition coefficient (Wildman–Crippen LogP) is 6.34. The number of aryl methyl sites for hydroxylation is 1. The second-order valence-electron chi connectivity index (χ2n) is 7.92. The Balaban J connectivity index is 1.63. The Kier molecular flexibility index (Phi) is 8.05. The molecule has 2 heterocycles. The van der Waals surface area contributed by atoms with Gasteiger partial charge in [0.1, 0.15) is 0 Å². The van der Waals surface area contributed by atoms with Crippen LogP contribution in [0.2, 0.25) is 0 Å². The van der Waals surface area contributed by atoms with Gasteiger partial charge in [0.15, 0.2) is 5.75 Å². The van der Waals surface area contributed by atoms with Crippen LogP contribution < -0.4 is 10.1 Å². The average molecular weight is 621 g/mol. The molecule has 0 radical (unpaired) electrons. The molecule has 7 nitrogen and oxygen atoms in total. The van der Waals surface area contributed by atoms with E-state index in [-0.39, 0.29) is 19.1 Å². The number of ether oxygens (including phenoxy) is 1. The van der Waals surface area contributed by atoms with Crippen molar-refractivity contribution in [3.8, 4) is 17.0 Å². The van der Waals surface area contributed by atoms with Crippen LogP contribution in [0.3, 0.4) is 0 Å². The van der Waals surface area contributed by atoms with Crippen molar-refractivity contribution >= 4 is 72.5 Å². The molecule has 2 aromatic carbocycles. The second-order valence-corrected chi connectivity index (χ2v) is 10.7. The molecule has 0 saturated heterocycles. The average Bonchev–Trinajstić information content (AvgIpc) is 3.38. The number of nitrogens with one attached hydrogen (secondary N) is 1. The third-order valence-corrected chi connectivity index (χ3v) is 7.31. The minimum Gasteiger partial charge on any atom is -0.408 e. The smallest absolute Gasteiger partial charge is 0.408 e. The third kappa shape index (κ3) is 5.66. The Hall–Kier alpha value is -2.53. The van der Waals surface area contributed by atoms with Gasteiger partial charge in [-0.1, -0.05) is 13.0 Å². The van der Waals surface area contributed by atoms with Crippen LogP contribution in [0.25, 0.3) is 22.9 Å². The number of aliphatic hydroxyl groups excluding tert-OH is 1. The van der Waals surface area contributed by atoms with E-state index in [1.54, 1.807) is 29.5 Å². The number of hydrogen-bond donors (Lipinski definition) is 2. The van der Waals surface area contributed by atoms with E-state index < -0.39 is 6.09 Å². The lowest BCUT2D eigenvalue weighted by Gasteiger charge is -2.21. The van der Waals surface area contributed by atoms with Gasteiger partial charge in [-0.05, 0) is 81.1 Å². The van der Waals surface area contributed by atoms with Crippen molar-refractivity contribution in [2.75, 3.05) is 25.0 Å². The van der Waals surface area contributed by atoms with E-state index in [0.29, 0.717) is 26.8 Å². The number of hydrogen-bond acceptors (Lipinski definition) is 6. The number of carbonyl (C=O) groups excluding carboxylic acids is 2. The normalized spacial score (nSPS) is 13.6. The summed E-state index contributed by atoms with van der Waals surface area (Å²) in [7, 11) is 0. The number of amides is 2. The van der Waals surface area contributed by atoms with Crippen LogP contribution in [0.4, 0.5) is 10.5 Å². The second kappa shape index (κ2) is 11.0. The Morgan fingerprint density at radius 3 is 2.60 bits per heavy atom. The maximum absolute atomic E-state index is 12.8. The fourth-order valence-electron chi connectivity index (χ4n) is 3.75. The number of aliphatic hydroxyl groups is 1. The van der Waals surface area contributed by atoms with Gasteiger partial charge in [0.2, 0.25) is 0 Å². The fourth-order valence-corrected chi connectivity index (χ4v) is 5.76. The van der Waals surface area contributed by atoms with Gasteiger partial charge in [-0.3, -0.25) is 4.79 Å². The highest BCUT2D eigenvalue weighted by Gasteiger charge is 2.25. The molecule has 0 aliphatic carbocycles. The molecule has 2 amide bonds. The number of anilines is 1. The van der Waals surface area contributed by atoms with Gasteiger partial charge >= 0.3 is 6.09 Å². The first-order chi connectivity index (χ1) is 16.8. The molecule has 0 spiro atoms. The van der Waals surface area contributed by atoms with Crippen LogP contribution >= 0.6 is 43.2 Å². The zero-order valence-corrected chi connectivity index (χ0v) is 23.1. The van der Waals surface area contributed by atoms with Gasteiger partial charge in [0.05, 0.1) is 26.3 Å². The van der Waals surface area contributed by atoms with Gasteiger partial charge in [-0.15, -0.1) is 11.3 Å². The van der Waals surface area contributed by atoms with E-state index >= 15 is 0 Å². The van der Waals surface area contributed by atoms with Gasteiger partial charge in [0, 0.05) is 40.9 Å². The van der Waals surface area contributed by atoms with Gasteiger partial charge in [-0.2, -0.15) is 0 Å². The Morgan fingerprint density at radius 2 is 1.97 bits per heavy atom.